The van der Waals surface area contributed by atoms with Crippen LogP contribution in [-0.2, 0) is 6.42 Å². The van der Waals surface area contributed by atoms with Gasteiger partial charge in [-0.25, -0.2) is 4.98 Å². The number of rotatable bonds is 5. The molecule has 26 heavy (non-hydrogen) atoms. The van der Waals surface area contributed by atoms with Crippen LogP contribution in [0.5, 0.6) is 0 Å². The van der Waals surface area contributed by atoms with E-state index in [0.717, 1.165) is 22.3 Å². The Morgan fingerprint density at radius 1 is 1.15 bits per heavy atom. The van der Waals surface area contributed by atoms with E-state index in [-0.39, 0.29) is 5.76 Å². The number of benzene rings is 2. The Morgan fingerprint density at radius 3 is 2.65 bits per heavy atom. The summed E-state index contributed by atoms with van der Waals surface area (Å²) in [7, 11) is 0. The molecule has 2 aromatic carbocycles. The number of hydrogen-bond acceptors (Lipinski definition) is 4. The van der Waals surface area contributed by atoms with Gasteiger partial charge in [-0.2, -0.15) is 0 Å². The summed E-state index contributed by atoms with van der Waals surface area (Å²) in [5.41, 5.74) is 3.68. The van der Waals surface area contributed by atoms with Gasteiger partial charge in [-0.15, -0.1) is 11.3 Å². The number of amidine groups is 1. The quantitative estimate of drug-likeness (QED) is 0.637. The SMILES string of the molecule is CCCCc1ccc(N2CC(O)=C(c3nc4ccccc4s3)C2=N)cc1. The van der Waals surface area contributed by atoms with Crippen LogP contribution >= 0.6 is 11.3 Å². The molecule has 0 saturated heterocycles. The Kier molecular flexibility index (Phi) is 4.47. The lowest BCUT2D eigenvalue weighted by atomic mass is 10.1. The third kappa shape index (κ3) is 2.99. The normalized spacial score (nSPS) is 14.7. The molecule has 0 fully saturated rings. The molecule has 2 heterocycles. The predicted molar refractivity (Wildman–Crippen MR) is 109 cm³/mol. The van der Waals surface area contributed by atoms with Crippen molar-refractivity contribution in [3.05, 3.63) is 64.9 Å². The average molecular weight is 363 g/mol. The Labute approximate surface area is 156 Å². The smallest absolute Gasteiger partial charge is 0.139 e. The second-order valence-electron chi connectivity index (χ2n) is 6.51. The highest BCUT2D eigenvalue weighted by Crippen LogP contribution is 2.35. The van der Waals surface area contributed by atoms with Crippen molar-refractivity contribution < 1.29 is 5.11 Å². The molecule has 5 heteroatoms. The Bertz CT molecular complexity index is 955. The maximum atomic E-state index is 10.5. The van der Waals surface area contributed by atoms with Crippen LogP contribution in [0, 0.1) is 5.41 Å². The van der Waals surface area contributed by atoms with Crippen LogP contribution in [0.2, 0.25) is 0 Å². The topological polar surface area (TPSA) is 60.2 Å². The minimum atomic E-state index is 0.212. The molecule has 0 atom stereocenters. The van der Waals surface area contributed by atoms with Gasteiger partial charge in [0.1, 0.15) is 16.6 Å². The average Bonchev–Trinajstić information content (AvgIpc) is 3.20. The van der Waals surface area contributed by atoms with Gasteiger partial charge in [0.05, 0.1) is 22.3 Å². The van der Waals surface area contributed by atoms with Crippen molar-refractivity contribution in [1.29, 1.82) is 5.41 Å². The van der Waals surface area contributed by atoms with E-state index >= 15 is 0 Å². The second kappa shape index (κ2) is 6.92. The summed E-state index contributed by atoms with van der Waals surface area (Å²) in [6, 6.07) is 16.2. The number of nitrogens with zero attached hydrogens (tertiary/aromatic N) is 2. The lowest BCUT2D eigenvalue weighted by Gasteiger charge is -2.19. The van der Waals surface area contributed by atoms with E-state index in [2.05, 4.69) is 24.0 Å². The zero-order chi connectivity index (χ0) is 18.1. The summed E-state index contributed by atoms with van der Waals surface area (Å²) in [5.74, 6) is 0.520. The molecule has 0 radical (unpaired) electrons. The van der Waals surface area contributed by atoms with Crippen LogP contribution in [0.4, 0.5) is 5.69 Å². The van der Waals surface area contributed by atoms with E-state index in [4.69, 9.17) is 5.41 Å². The molecule has 1 aliphatic heterocycles. The fourth-order valence-electron chi connectivity index (χ4n) is 3.23. The maximum Gasteiger partial charge on any atom is 0.139 e. The van der Waals surface area contributed by atoms with Gasteiger partial charge >= 0.3 is 0 Å². The van der Waals surface area contributed by atoms with Gasteiger partial charge in [-0.1, -0.05) is 37.6 Å². The Balaban J connectivity index is 1.59. The van der Waals surface area contributed by atoms with E-state index in [1.165, 1.54) is 29.7 Å². The summed E-state index contributed by atoms with van der Waals surface area (Å²) >= 11 is 1.51. The second-order valence-corrected chi connectivity index (χ2v) is 7.54. The monoisotopic (exact) mass is 363 g/mol. The molecule has 1 aromatic heterocycles. The van der Waals surface area contributed by atoms with E-state index in [0.29, 0.717) is 23.0 Å². The summed E-state index contributed by atoms with van der Waals surface area (Å²) in [5, 5.41) is 19.8. The van der Waals surface area contributed by atoms with Crippen LogP contribution in [0.3, 0.4) is 0 Å². The van der Waals surface area contributed by atoms with Crippen molar-refractivity contribution in [2.24, 2.45) is 0 Å². The van der Waals surface area contributed by atoms with Crippen molar-refractivity contribution in [1.82, 2.24) is 4.98 Å². The zero-order valence-corrected chi connectivity index (χ0v) is 15.5. The largest absolute Gasteiger partial charge is 0.510 e. The molecule has 4 nitrogen and oxygen atoms in total. The number of para-hydroxylation sites is 1. The van der Waals surface area contributed by atoms with Crippen molar-refractivity contribution in [3.8, 4) is 0 Å². The van der Waals surface area contributed by atoms with Crippen molar-refractivity contribution >= 4 is 38.6 Å². The maximum absolute atomic E-state index is 10.5. The molecule has 0 amide bonds. The molecule has 1 aliphatic rings. The number of thiazole rings is 1. The van der Waals surface area contributed by atoms with Crippen molar-refractivity contribution in [2.75, 3.05) is 11.4 Å². The predicted octanol–water partition coefficient (Wildman–Crippen LogP) is 5.41. The number of aromatic nitrogens is 1. The van der Waals surface area contributed by atoms with Crippen molar-refractivity contribution in [2.45, 2.75) is 26.2 Å². The standard InChI is InChI=1S/C21H21N3OS/c1-2-3-6-14-9-11-15(12-10-14)24-13-17(25)19(20(24)22)21-23-16-7-4-5-8-18(16)26-21/h4-5,7-12,22,25H,2-3,6,13H2,1H3. The highest BCUT2D eigenvalue weighted by molar-refractivity contribution is 7.19. The molecule has 0 saturated carbocycles. The van der Waals surface area contributed by atoms with Crippen LogP contribution in [0.15, 0.2) is 54.3 Å². The molecule has 3 aromatic rings. The van der Waals surface area contributed by atoms with Gasteiger partial charge in [0.25, 0.3) is 0 Å². The lowest BCUT2D eigenvalue weighted by molar-refractivity contribution is 0.411. The highest BCUT2D eigenvalue weighted by atomic mass is 32.1. The Hall–Kier alpha value is -2.66. The van der Waals surface area contributed by atoms with E-state index in [1.807, 2.05) is 41.3 Å². The number of nitrogens with one attached hydrogen (secondary N) is 1. The molecule has 0 unspecified atom stereocenters. The highest BCUT2D eigenvalue weighted by Gasteiger charge is 2.31. The number of fused-ring (bicyclic) bond motifs is 1. The van der Waals surface area contributed by atoms with Gasteiger partial charge in [0, 0.05) is 5.69 Å². The minimum absolute atomic E-state index is 0.212. The minimum Gasteiger partial charge on any atom is -0.510 e. The van der Waals surface area contributed by atoms with E-state index in [1.54, 1.807) is 0 Å². The molecule has 132 valence electrons. The fourth-order valence-corrected chi connectivity index (χ4v) is 4.26. The molecule has 2 N–H and O–H groups in total. The third-order valence-corrected chi connectivity index (χ3v) is 5.73. The first-order chi connectivity index (χ1) is 12.7. The number of aryl methyl sites for hydroxylation is 1. The molecule has 0 bridgehead atoms. The summed E-state index contributed by atoms with van der Waals surface area (Å²) in [4.78, 5) is 6.44. The van der Waals surface area contributed by atoms with Gasteiger partial charge in [0.15, 0.2) is 0 Å². The molecule has 0 spiro atoms. The summed E-state index contributed by atoms with van der Waals surface area (Å²) < 4.78 is 1.06. The first-order valence-electron chi connectivity index (χ1n) is 8.91. The number of aliphatic hydroxyl groups excluding tert-OH is 1. The third-order valence-electron chi connectivity index (χ3n) is 4.68. The summed E-state index contributed by atoms with van der Waals surface area (Å²) in [6.07, 6.45) is 3.44. The van der Waals surface area contributed by atoms with Crippen molar-refractivity contribution in [3.63, 3.8) is 0 Å². The zero-order valence-electron chi connectivity index (χ0n) is 14.7. The Morgan fingerprint density at radius 2 is 1.92 bits per heavy atom. The first kappa shape index (κ1) is 16.8. The van der Waals surface area contributed by atoms with Gasteiger partial charge in [-0.3, -0.25) is 5.41 Å². The van der Waals surface area contributed by atoms with E-state index < -0.39 is 0 Å². The number of unbranched alkanes of at least 4 members (excludes halogenated alkanes) is 1. The number of anilines is 1. The molecular formula is C21H21N3OS. The van der Waals surface area contributed by atoms with Crippen LogP contribution in [-0.4, -0.2) is 22.5 Å². The van der Waals surface area contributed by atoms with Gasteiger partial charge in [0.2, 0.25) is 0 Å². The lowest BCUT2D eigenvalue weighted by Crippen LogP contribution is -2.25. The number of aliphatic hydroxyl groups is 1. The van der Waals surface area contributed by atoms with Crippen LogP contribution in [0.1, 0.15) is 30.3 Å². The van der Waals surface area contributed by atoms with Gasteiger partial charge < -0.3 is 10.0 Å². The fraction of sp³-hybridized carbons (Fsp3) is 0.238. The van der Waals surface area contributed by atoms with Gasteiger partial charge in [-0.05, 0) is 42.7 Å². The molecule has 4 rings (SSSR count). The van der Waals surface area contributed by atoms with Crippen LogP contribution < -0.4 is 4.90 Å². The first-order valence-corrected chi connectivity index (χ1v) is 9.72. The van der Waals surface area contributed by atoms with E-state index in [9.17, 15) is 5.11 Å². The summed E-state index contributed by atoms with van der Waals surface area (Å²) in [6.45, 7) is 2.51. The number of hydrogen-bond donors (Lipinski definition) is 2. The van der Waals surface area contributed by atoms with Crippen LogP contribution in [0.25, 0.3) is 15.8 Å². The molecular weight excluding hydrogens is 342 g/mol. The molecule has 0 aliphatic carbocycles.